The van der Waals surface area contributed by atoms with E-state index >= 15 is 0 Å². The average molecular weight is 297 g/mol. The van der Waals surface area contributed by atoms with Gasteiger partial charge in [0.15, 0.2) is 0 Å². The maximum Gasteiger partial charge on any atom is 0.222 e. The van der Waals surface area contributed by atoms with E-state index in [1.807, 2.05) is 24.3 Å². The minimum absolute atomic E-state index is 0.00684. The van der Waals surface area contributed by atoms with E-state index in [1.54, 1.807) is 19.0 Å². The number of aliphatic hydroxyl groups excluding tert-OH is 1. The van der Waals surface area contributed by atoms with Gasteiger partial charge in [-0.2, -0.15) is 0 Å². The number of hydrogen-bond donors (Lipinski definition) is 1. The van der Waals surface area contributed by atoms with Crippen LogP contribution in [-0.4, -0.2) is 54.1 Å². The molecule has 1 saturated heterocycles. The predicted octanol–water partition coefficient (Wildman–Crippen LogP) is 1.61. The highest BCUT2D eigenvalue weighted by Gasteiger charge is 2.33. The largest absolute Gasteiger partial charge is 0.391 e. The third kappa shape index (κ3) is 3.72. The number of rotatable bonds is 4. The second-order valence-electron chi connectivity index (χ2n) is 5.61. The van der Waals surface area contributed by atoms with Crippen LogP contribution in [0.2, 0.25) is 5.02 Å². The predicted molar refractivity (Wildman–Crippen MR) is 79.5 cm³/mol. The van der Waals surface area contributed by atoms with E-state index in [9.17, 15) is 9.90 Å². The van der Waals surface area contributed by atoms with Crippen LogP contribution >= 0.6 is 11.6 Å². The highest BCUT2D eigenvalue weighted by Crippen LogP contribution is 2.24. The Kier molecular flexibility index (Phi) is 5.02. The molecule has 0 aromatic heterocycles. The van der Waals surface area contributed by atoms with Gasteiger partial charge < -0.3 is 10.0 Å². The third-order valence-electron chi connectivity index (χ3n) is 3.77. The van der Waals surface area contributed by atoms with Gasteiger partial charge in [0.05, 0.1) is 6.10 Å². The molecule has 0 saturated carbocycles. The molecule has 20 heavy (non-hydrogen) atoms. The molecule has 0 unspecified atom stereocenters. The van der Waals surface area contributed by atoms with Crippen molar-refractivity contribution in [3.05, 3.63) is 34.9 Å². The Morgan fingerprint density at radius 2 is 2.10 bits per heavy atom. The first kappa shape index (κ1) is 15.3. The summed E-state index contributed by atoms with van der Waals surface area (Å²) < 4.78 is 0. The van der Waals surface area contributed by atoms with Crippen molar-refractivity contribution in [3.8, 4) is 0 Å². The molecule has 4 nitrogen and oxygen atoms in total. The van der Waals surface area contributed by atoms with E-state index in [0.29, 0.717) is 19.5 Å². The van der Waals surface area contributed by atoms with Gasteiger partial charge in [0.2, 0.25) is 5.91 Å². The summed E-state index contributed by atoms with van der Waals surface area (Å²) in [6.07, 6.45) is -0.0471. The van der Waals surface area contributed by atoms with Crippen LogP contribution in [0.15, 0.2) is 24.3 Å². The first-order chi connectivity index (χ1) is 9.47. The number of halogens is 1. The van der Waals surface area contributed by atoms with Crippen LogP contribution in [0, 0.1) is 5.92 Å². The highest BCUT2D eigenvalue weighted by atomic mass is 35.5. The lowest BCUT2D eigenvalue weighted by atomic mass is 10.0. The zero-order chi connectivity index (χ0) is 14.7. The summed E-state index contributed by atoms with van der Waals surface area (Å²) in [6, 6.07) is 7.73. The molecular formula is C15H21ClN2O2. The molecule has 0 aliphatic carbocycles. The van der Waals surface area contributed by atoms with Gasteiger partial charge in [0.1, 0.15) is 0 Å². The lowest BCUT2D eigenvalue weighted by Gasteiger charge is -2.17. The molecule has 1 aromatic carbocycles. The first-order valence-corrected chi connectivity index (χ1v) is 7.19. The van der Waals surface area contributed by atoms with Gasteiger partial charge in [-0.3, -0.25) is 9.69 Å². The Hall–Kier alpha value is -1.10. The summed E-state index contributed by atoms with van der Waals surface area (Å²) in [7, 11) is 3.48. The minimum atomic E-state index is -0.443. The Bertz CT molecular complexity index is 479. The smallest absolute Gasteiger partial charge is 0.222 e. The maximum atomic E-state index is 11.7. The Morgan fingerprint density at radius 1 is 1.40 bits per heavy atom. The zero-order valence-electron chi connectivity index (χ0n) is 11.9. The molecule has 1 amide bonds. The monoisotopic (exact) mass is 296 g/mol. The van der Waals surface area contributed by atoms with E-state index < -0.39 is 6.10 Å². The number of aliphatic hydroxyl groups is 1. The fourth-order valence-corrected chi connectivity index (χ4v) is 2.74. The van der Waals surface area contributed by atoms with Crippen molar-refractivity contribution in [2.75, 3.05) is 27.2 Å². The molecular weight excluding hydrogens is 276 g/mol. The molecule has 0 bridgehead atoms. The van der Waals surface area contributed by atoms with Crippen LogP contribution in [0.3, 0.4) is 0 Å². The van der Waals surface area contributed by atoms with Crippen LogP contribution in [0.4, 0.5) is 0 Å². The molecule has 2 atom stereocenters. The number of carbonyl (C=O) groups is 1. The molecule has 1 aliphatic heterocycles. The van der Waals surface area contributed by atoms with Crippen LogP contribution in [0.25, 0.3) is 0 Å². The molecule has 1 aromatic rings. The summed E-state index contributed by atoms with van der Waals surface area (Å²) in [5, 5.41) is 10.8. The summed E-state index contributed by atoms with van der Waals surface area (Å²) in [4.78, 5) is 15.5. The molecule has 1 heterocycles. The van der Waals surface area contributed by atoms with Gasteiger partial charge in [0.25, 0.3) is 0 Å². The number of hydrogen-bond acceptors (Lipinski definition) is 3. The zero-order valence-corrected chi connectivity index (χ0v) is 12.7. The van der Waals surface area contributed by atoms with Crippen LogP contribution in [0.5, 0.6) is 0 Å². The molecule has 0 radical (unpaired) electrons. The Balaban J connectivity index is 1.94. The summed E-state index contributed by atoms with van der Waals surface area (Å²) in [5.41, 5.74) is 1.06. The van der Waals surface area contributed by atoms with Gasteiger partial charge in [-0.1, -0.05) is 29.8 Å². The molecule has 1 fully saturated rings. The number of carbonyl (C=O) groups excluding carboxylic acids is 1. The number of likely N-dealkylation sites (tertiary alicyclic amines) is 1. The first-order valence-electron chi connectivity index (χ1n) is 6.81. The second-order valence-corrected chi connectivity index (χ2v) is 6.01. The normalized spacial score (nSPS) is 23.0. The van der Waals surface area contributed by atoms with Gasteiger partial charge in [-0.15, -0.1) is 0 Å². The minimum Gasteiger partial charge on any atom is -0.391 e. The van der Waals surface area contributed by atoms with Crippen molar-refractivity contribution in [2.45, 2.75) is 19.1 Å². The molecule has 1 N–H and O–H groups in total. The lowest BCUT2D eigenvalue weighted by molar-refractivity contribution is -0.130. The number of β-amino-alcohol motifs (C(OH)–C–C–N with tert-alkyl or cyclic N) is 1. The molecule has 2 rings (SSSR count). The van der Waals surface area contributed by atoms with Gasteiger partial charge in [-0.25, -0.2) is 0 Å². The Morgan fingerprint density at radius 3 is 2.75 bits per heavy atom. The standard InChI is InChI=1S/C15H21ClN2O2/c1-17(2)15(20)7-12-9-18(10-14(12)19)8-11-5-3-4-6-13(11)16/h3-6,12,14,19H,7-10H2,1-2H3/t12-,14-/m1/s1. The summed E-state index contributed by atoms with van der Waals surface area (Å²) in [6.45, 7) is 2.03. The van der Waals surface area contributed by atoms with E-state index in [-0.39, 0.29) is 11.8 Å². The summed E-state index contributed by atoms with van der Waals surface area (Å²) in [5.74, 6) is 0.0704. The lowest BCUT2D eigenvalue weighted by Crippen LogP contribution is -2.28. The fraction of sp³-hybridized carbons (Fsp3) is 0.533. The quantitative estimate of drug-likeness (QED) is 0.918. The number of amides is 1. The molecule has 110 valence electrons. The van der Waals surface area contributed by atoms with Crippen molar-refractivity contribution >= 4 is 17.5 Å². The average Bonchev–Trinajstić information content (AvgIpc) is 2.72. The van der Waals surface area contributed by atoms with Crippen molar-refractivity contribution in [2.24, 2.45) is 5.92 Å². The van der Waals surface area contributed by atoms with E-state index in [1.165, 1.54) is 0 Å². The van der Waals surface area contributed by atoms with E-state index in [4.69, 9.17) is 11.6 Å². The van der Waals surface area contributed by atoms with Gasteiger partial charge >= 0.3 is 0 Å². The third-order valence-corrected chi connectivity index (χ3v) is 4.14. The number of nitrogens with zero attached hydrogens (tertiary/aromatic N) is 2. The molecule has 0 spiro atoms. The van der Waals surface area contributed by atoms with Crippen molar-refractivity contribution in [1.29, 1.82) is 0 Å². The van der Waals surface area contributed by atoms with Crippen LogP contribution in [0.1, 0.15) is 12.0 Å². The van der Waals surface area contributed by atoms with Gasteiger partial charge in [-0.05, 0) is 11.6 Å². The van der Waals surface area contributed by atoms with Crippen molar-refractivity contribution in [3.63, 3.8) is 0 Å². The van der Waals surface area contributed by atoms with Crippen molar-refractivity contribution in [1.82, 2.24) is 9.80 Å². The molecule has 5 heteroatoms. The van der Waals surface area contributed by atoms with Crippen LogP contribution < -0.4 is 0 Å². The summed E-state index contributed by atoms with van der Waals surface area (Å²) >= 11 is 6.15. The SMILES string of the molecule is CN(C)C(=O)C[C@@H]1CN(Cc2ccccc2Cl)C[C@H]1O. The maximum absolute atomic E-state index is 11.7. The van der Waals surface area contributed by atoms with Gasteiger partial charge in [0, 0.05) is 51.1 Å². The number of benzene rings is 1. The van der Waals surface area contributed by atoms with E-state index in [2.05, 4.69) is 4.90 Å². The second kappa shape index (κ2) is 6.57. The fourth-order valence-electron chi connectivity index (χ4n) is 2.55. The molecule has 1 aliphatic rings. The van der Waals surface area contributed by atoms with Crippen molar-refractivity contribution < 1.29 is 9.90 Å². The topological polar surface area (TPSA) is 43.8 Å². The Labute approximate surface area is 124 Å². The highest BCUT2D eigenvalue weighted by molar-refractivity contribution is 6.31. The van der Waals surface area contributed by atoms with E-state index in [0.717, 1.165) is 17.1 Å². The van der Waals surface area contributed by atoms with Crippen LogP contribution in [-0.2, 0) is 11.3 Å².